The number of rotatable bonds is 6. The molecule has 4 aromatic rings. The molecule has 0 aliphatic heterocycles. The van der Waals surface area contributed by atoms with Gasteiger partial charge in [0.25, 0.3) is 11.8 Å². The van der Waals surface area contributed by atoms with Crippen molar-refractivity contribution in [2.75, 3.05) is 11.9 Å². The summed E-state index contributed by atoms with van der Waals surface area (Å²) in [5.41, 5.74) is 8.56. The Hall–Kier alpha value is -4.19. The van der Waals surface area contributed by atoms with Crippen LogP contribution in [0, 0.1) is 0 Å². The summed E-state index contributed by atoms with van der Waals surface area (Å²) in [7, 11) is 0. The number of nitrogens with two attached hydrogens (primary N) is 1. The Labute approximate surface area is 173 Å². The third kappa shape index (κ3) is 4.28. The highest BCUT2D eigenvalue weighted by atomic mass is 16.5. The fraction of sp³-hybridized carbons (Fsp3) is 0.0417. The van der Waals surface area contributed by atoms with Crippen molar-refractivity contribution in [2.24, 2.45) is 5.73 Å². The third-order valence-corrected chi connectivity index (χ3v) is 4.50. The number of nitrogens with zero attached hydrogens (tertiary/aromatic N) is 1. The van der Waals surface area contributed by atoms with E-state index in [4.69, 9.17) is 15.5 Å². The molecular formula is C24H19N3O3. The summed E-state index contributed by atoms with van der Waals surface area (Å²) >= 11 is 0. The van der Waals surface area contributed by atoms with E-state index in [9.17, 15) is 9.59 Å². The number of aromatic nitrogens is 1. The summed E-state index contributed by atoms with van der Waals surface area (Å²) in [6, 6.07) is 25.8. The quantitative estimate of drug-likeness (QED) is 0.514. The minimum absolute atomic E-state index is 0.229. The van der Waals surface area contributed by atoms with Crippen LogP contribution >= 0.6 is 0 Å². The van der Waals surface area contributed by atoms with Gasteiger partial charge < -0.3 is 15.8 Å². The molecule has 0 aliphatic rings. The van der Waals surface area contributed by atoms with Crippen molar-refractivity contribution in [1.82, 2.24) is 4.98 Å². The number of fused-ring (bicyclic) bond motifs is 1. The van der Waals surface area contributed by atoms with Gasteiger partial charge in [-0.05, 0) is 24.3 Å². The van der Waals surface area contributed by atoms with E-state index in [1.807, 2.05) is 54.6 Å². The zero-order chi connectivity index (χ0) is 20.9. The molecule has 148 valence electrons. The van der Waals surface area contributed by atoms with Crippen molar-refractivity contribution in [3.63, 3.8) is 0 Å². The van der Waals surface area contributed by atoms with Crippen LogP contribution in [0.4, 0.5) is 5.69 Å². The molecule has 0 radical (unpaired) electrons. The number of ether oxygens (including phenoxy) is 1. The van der Waals surface area contributed by atoms with Crippen LogP contribution < -0.4 is 15.8 Å². The Balaban J connectivity index is 1.68. The van der Waals surface area contributed by atoms with E-state index in [2.05, 4.69) is 5.32 Å². The summed E-state index contributed by atoms with van der Waals surface area (Å²) in [6.45, 7) is -0.229. The molecular weight excluding hydrogens is 378 g/mol. The Morgan fingerprint density at radius 1 is 0.900 bits per heavy atom. The lowest BCUT2D eigenvalue weighted by Gasteiger charge is -2.11. The van der Waals surface area contributed by atoms with Gasteiger partial charge in [0.05, 0.1) is 16.8 Å². The van der Waals surface area contributed by atoms with E-state index in [-0.39, 0.29) is 12.5 Å². The number of primary amides is 1. The van der Waals surface area contributed by atoms with Crippen LogP contribution in [-0.4, -0.2) is 23.4 Å². The maximum Gasteiger partial charge on any atom is 0.256 e. The fourth-order valence-electron chi connectivity index (χ4n) is 3.14. The smallest absolute Gasteiger partial charge is 0.256 e. The standard InChI is InChI=1S/C24H19N3O3/c25-23(28)15-30-18-10-6-9-17(13-18)26-24(29)20-14-22(16-7-2-1-3-8-16)27-21-12-5-4-11-19(20)21/h1-14H,15H2,(H2,25,28)(H,26,29). The van der Waals surface area contributed by atoms with Crippen molar-refractivity contribution in [2.45, 2.75) is 0 Å². The number of carbonyl (C=O) groups is 2. The van der Waals surface area contributed by atoms with Crippen LogP contribution in [0.3, 0.4) is 0 Å². The average Bonchev–Trinajstić information content (AvgIpc) is 2.77. The van der Waals surface area contributed by atoms with Gasteiger partial charge in [-0.25, -0.2) is 4.98 Å². The summed E-state index contributed by atoms with van der Waals surface area (Å²) < 4.78 is 5.31. The normalized spacial score (nSPS) is 10.5. The molecule has 0 aliphatic carbocycles. The van der Waals surface area contributed by atoms with Crippen LogP contribution in [0.25, 0.3) is 22.2 Å². The van der Waals surface area contributed by atoms with Gasteiger partial charge in [-0.15, -0.1) is 0 Å². The van der Waals surface area contributed by atoms with Crippen LogP contribution in [0.15, 0.2) is 84.9 Å². The monoisotopic (exact) mass is 397 g/mol. The number of nitrogens with one attached hydrogen (secondary N) is 1. The van der Waals surface area contributed by atoms with E-state index >= 15 is 0 Å². The van der Waals surface area contributed by atoms with Gasteiger partial charge in [-0.2, -0.15) is 0 Å². The Morgan fingerprint density at radius 2 is 1.67 bits per heavy atom. The fourth-order valence-corrected chi connectivity index (χ4v) is 3.14. The molecule has 0 fully saturated rings. The van der Waals surface area contributed by atoms with E-state index in [0.29, 0.717) is 17.0 Å². The van der Waals surface area contributed by atoms with Crippen LogP contribution in [0.1, 0.15) is 10.4 Å². The highest BCUT2D eigenvalue weighted by Crippen LogP contribution is 2.26. The molecule has 3 aromatic carbocycles. The lowest BCUT2D eigenvalue weighted by atomic mass is 10.0. The molecule has 0 spiro atoms. The first-order valence-electron chi connectivity index (χ1n) is 9.38. The number of pyridine rings is 1. The molecule has 3 N–H and O–H groups in total. The highest BCUT2D eigenvalue weighted by Gasteiger charge is 2.14. The van der Waals surface area contributed by atoms with Gasteiger partial charge in [0.1, 0.15) is 5.75 Å². The molecule has 0 bridgehead atoms. The van der Waals surface area contributed by atoms with Gasteiger partial charge >= 0.3 is 0 Å². The molecule has 0 unspecified atom stereocenters. The molecule has 1 heterocycles. The molecule has 0 atom stereocenters. The van der Waals surface area contributed by atoms with Crippen molar-refractivity contribution in [3.05, 3.63) is 90.5 Å². The average molecular weight is 397 g/mol. The maximum absolute atomic E-state index is 13.1. The van der Waals surface area contributed by atoms with Crippen LogP contribution in [0.5, 0.6) is 5.75 Å². The Morgan fingerprint density at radius 3 is 2.47 bits per heavy atom. The summed E-state index contributed by atoms with van der Waals surface area (Å²) in [6.07, 6.45) is 0. The first-order chi connectivity index (χ1) is 14.6. The molecule has 4 rings (SSSR count). The second-order valence-electron chi connectivity index (χ2n) is 6.68. The lowest BCUT2D eigenvalue weighted by Crippen LogP contribution is -2.20. The zero-order valence-electron chi connectivity index (χ0n) is 16.0. The second-order valence-corrected chi connectivity index (χ2v) is 6.68. The minimum Gasteiger partial charge on any atom is -0.484 e. The molecule has 0 saturated carbocycles. The zero-order valence-corrected chi connectivity index (χ0v) is 16.0. The minimum atomic E-state index is -0.568. The van der Waals surface area contributed by atoms with Gasteiger partial charge in [-0.3, -0.25) is 9.59 Å². The largest absolute Gasteiger partial charge is 0.484 e. The molecule has 30 heavy (non-hydrogen) atoms. The number of anilines is 1. The van der Waals surface area contributed by atoms with Crippen molar-refractivity contribution < 1.29 is 14.3 Å². The number of hydrogen-bond acceptors (Lipinski definition) is 4. The summed E-state index contributed by atoms with van der Waals surface area (Å²) in [5.74, 6) is -0.393. The number of hydrogen-bond donors (Lipinski definition) is 2. The topological polar surface area (TPSA) is 94.3 Å². The number of para-hydroxylation sites is 1. The Kier molecular flexibility index (Phi) is 5.39. The number of carbonyl (C=O) groups excluding carboxylic acids is 2. The van der Waals surface area contributed by atoms with Gasteiger partial charge in [0.15, 0.2) is 6.61 Å². The first kappa shape index (κ1) is 19.1. The molecule has 2 amide bonds. The predicted octanol–water partition coefficient (Wildman–Crippen LogP) is 4.02. The molecule has 1 aromatic heterocycles. The van der Waals surface area contributed by atoms with Crippen LogP contribution in [-0.2, 0) is 4.79 Å². The summed E-state index contributed by atoms with van der Waals surface area (Å²) in [4.78, 5) is 28.8. The van der Waals surface area contributed by atoms with Gasteiger partial charge in [0.2, 0.25) is 0 Å². The summed E-state index contributed by atoms with van der Waals surface area (Å²) in [5, 5.41) is 3.65. The van der Waals surface area contributed by atoms with Gasteiger partial charge in [0, 0.05) is 22.7 Å². The molecule has 6 heteroatoms. The van der Waals surface area contributed by atoms with Crippen molar-refractivity contribution in [3.8, 4) is 17.0 Å². The highest BCUT2D eigenvalue weighted by molar-refractivity contribution is 6.13. The van der Waals surface area contributed by atoms with E-state index in [0.717, 1.165) is 22.2 Å². The van der Waals surface area contributed by atoms with Crippen molar-refractivity contribution >= 4 is 28.4 Å². The lowest BCUT2D eigenvalue weighted by molar-refractivity contribution is -0.119. The first-order valence-corrected chi connectivity index (χ1v) is 9.38. The maximum atomic E-state index is 13.1. The Bertz CT molecular complexity index is 1220. The number of benzene rings is 3. The van der Waals surface area contributed by atoms with Gasteiger partial charge in [-0.1, -0.05) is 54.6 Å². The number of amides is 2. The van der Waals surface area contributed by atoms with Crippen LogP contribution in [0.2, 0.25) is 0 Å². The third-order valence-electron chi connectivity index (χ3n) is 4.50. The van der Waals surface area contributed by atoms with E-state index < -0.39 is 5.91 Å². The second kappa shape index (κ2) is 8.45. The SMILES string of the molecule is NC(=O)COc1cccc(NC(=O)c2cc(-c3ccccc3)nc3ccccc23)c1. The van der Waals surface area contributed by atoms with E-state index in [1.54, 1.807) is 30.3 Å². The van der Waals surface area contributed by atoms with Crippen molar-refractivity contribution in [1.29, 1.82) is 0 Å². The molecule has 0 saturated heterocycles. The predicted molar refractivity (Wildman–Crippen MR) is 116 cm³/mol. The van der Waals surface area contributed by atoms with E-state index in [1.165, 1.54) is 0 Å². The molecule has 6 nitrogen and oxygen atoms in total.